The van der Waals surface area contributed by atoms with E-state index in [2.05, 4.69) is 59.6 Å². The van der Waals surface area contributed by atoms with E-state index in [0.29, 0.717) is 36.4 Å². The van der Waals surface area contributed by atoms with E-state index in [-0.39, 0.29) is 16.4 Å². The van der Waals surface area contributed by atoms with Crippen LogP contribution < -0.4 is 0 Å². The molecule has 3 aliphatic rings. The third-order valence-electron chi connectivity index (χ3n) is 7.75. The van der Waals surface area contributed by atoms with Crippen molar-refractivity contribution in [3.8, 4) is 0 Å². The summed E-state index contributed by atoms with van der Waals surface area (Å²) in [7, 11) is -1.80. The van der Waals surface area contributed by atoms with Crippen molar-refractivity contribution in [2.24, 2.45) is 28.6 Å². The number of fused-ring (bicyclic) bond motifs is 3. The molecule has 0 N–H and O–H groups in total. The summed E-state index contributed by atoms with van der Waals surface area (Å²) in [6.07, 6.45) is 7.81. The van der Waals surface area contributed by atoms with Gasteiger partial charge in [-0.1, -0.05) is 39.0 Å². The highest BCUT2D eigenvalue weighted by atomic mass is 28.4. The number of hydrogen-bond donors (Lipinski definition) is 0. The summed E-state index contributed by atoms with van der Waals surface area (Å²) in [5.41, 5.74) is 0.829. The van der Waals surface area contributed by atoms with Crippen LogP contribution in [0.3, 0.4) is 0 Å². The molecule has 0 radical (unpaired) electrons. The molecule has 146 valence electrons. The van der Waals surface area contributed by atoms with Gasteiger partial charge in [-0.2, -0.15) is 0 Å². The Bertz CT molecular complexity index is 633. The van der Waals surface area contributed by atoms with Crippen molar-refractivity contribution in [3.05, 3.63) is 24.8 Å². The molecule has 0 heterocycles. The Morgan fingerprint density at radius 1 is 1.19 bits per heavy atom. The second-order valence-electron chi connectivity index (χ2n) is 11.0. The molecule has 6 atom stereocenters. The molecule has 0 amide bonds. The zero-order valence-electron chi connectivity index (χ0n) is 17.8. The largest absolute Gasteiger partial charge is 0.411 e. The predicted octanol–water partition coefficient (Wildman–Crippen LogP) is 6.15. The Morgan fingerprint density at radius 2 is 1.85 bits per heavy atom. The van der Waals surface area contributed by atoms with E-state index in [0.717, 1.165) is 19.3 Å². The van der Waals surface area contributed by atoms with Crippen molar-refractivity contribution in [2.45, 2.75) is 84.5 Å². The summed E-state index contributed by atoms with van der Waals surface area (Å²) in [5.74, 6) is 1.80. The first-order valence-corrected chi connectivity index (χ1v) is 13.8. The summed E-state index contributed by atoms with van der Waals surface area (Å²) in [4.78, 5) is 12.9. The van der Waals surface area contributed by atoms with Gasteiger partial charge in [0, 0.05) is 24.2 Å². The summed E-state index contributed by atoms with van der Waals surface area (Å²) in [5, 5.41) is 0. The van der Waals surface area contributed by atoms with Gasteiger partial charge in [-0.25, -0.2) is 0 Å². The number of carbonyl (C=O) groups excluding carboxylic acids is 1. The van der Waals surface area contributed by atoms with Crippen molar-refractivity contribution >= 4 is 14.1 Å². The summed E-state index contributed by atoms with van der Waals surface area (Å²) < 4.78 is 7.16. The van der Waals surface area contributed by atoms with E-state index < -0.39 is 8.32 Å². The van der Waals surface area contributed by atoms with Crippen LogP contribution in [0.2, 0.25) is 19.6 Å². The summed E-state index contributed by atoms with van der Waals surface area (Å²) in [6.45, 7) is 22.6. The molecule has 26 heavy (non-hydrogen) atoms. The minimum Gasteiger partial charge on any atom is -0.411 e. The molecular weight excluding hydrogens is 336 g/mol. The van der Waals surface area contributed by atoms with Crippen LogP contribution in [0.1, 0.15) is 59.3 Å². The van der Waals surface area contributed by atoms with Gasteiger partial charge in [0.1, 0.15) is 5.78 Å². The number of ketones is 1. The molecule has 0 spiro atoms. The molecule has 3 rings (SSSR count). The Kier molecular flexibility index (Phi) is 4.76. The fourth-order valence-electron chi connectivity index (χ4n) is 6.78. The van der Waals surface area contributed by atoms with Gasteiger partial charge in [0.05, 0.1) is 5.60 Å². The smallest absolute Gasteiger partial charge is 0.184 e. The minimum absolute atomic E-state index is 0.133. The van der Waals surface area contributed by atoms with Crippen LogP contribution in [0.4, 0.5) is 0 Å². The molecule has 0 aliphatic heterocycles. The Labute approximate surface area is 161 Å². The van der Waals surface area contributed by atoms with Crippen molar-refractivity contribution in [1.29, 1.82) is 0 Å². The van der Waals surface area contributed by atoms with Gasteiger partial charge in [0.2, 0.25) is 0 Å². The molecule has 2 nitrogen and oxygen atoms in total. The SMILES string of the molecule is C=C[C@@]1(C)CC(=O)C[C@]2(C)[C@@H]1CC(=C)[C@@H]1CC[C@@H](C)C[C@]12O[Si](C)(C)C. The lowest BCUT2D eigenvalue weighted by Crippen LogP contribution is -2.69. The van der Waals surface area contributed by atoms with Crippen LogP contribution in [-0.4, -0.2) is 19.7 Å². The van der Waals surface area contributed by atoms with Crippen LogP contribution in [0.15, 0.2) is 24.8 Å². The van der Waals surface area contributed by atoms with Gasteiger partial charge >= 0.3 is 0 Å². The standard InChI is InChI=1S/C23H38O2Si/c1-9-21(4)14-18(24)15-22(5)20(21)12-17(3)19-11-10-16(2)13-23(19,22)25-26(6,7)8/h9,16,19-20H,1,3,10-15H2,2,4-8H3/t16-,19+,20-,21+,22-,23+/m1/s1. The van der Waals surface area contributed by atoms with Gasteiger partial charge < -0.3 is 4.43 Å². The fourth-order valence-corrected chi connectivity index (χ4v) is 8.33. The molecule has 0 unspecified atom stereocenters. The number of rotatable bonds is 3. The van der Waals surface area contributed by atoms with E-state index in [4.69, 9.17) is 4.43 Å². The normalized spacial score (nSPS) is 46.5. The van der Waals surface area contributed by atoms with Crippen LogP contribution in [0.25, 0.3) is 0 Å². The van der Waals surface area contributed by atoms with E-state index >= 15 is 0 Å². The van der Waals surface area contributed by atoms with Gasteiger partial charge in [-0.15, -0.1) is 6.58 Å². The van der Waals surface area contributed by atoms with Gasteiger partial charge in [0.25, 0.3) is 0 Å². The maximum absolute atomic E-state index is 12.9. The second kappa shape index (κ2) is 6.17. The fraction of sp³-hybridized carbons (Fsp3) is 0.783. The molecule has 3 saturated carbocycles. The highest BCUT2D eigenvalue weighted by Gasteiger charge is 2.67. The van der Waals surface area contributed by atoms with E-state index in [9.17, 15) is 4.79 Å². The Balaban J connectivity index is 2.21. The van der Waals surface area contributed by atoms with Gasteiger partial charge in [0.15, 0.2) is 8.32 Å². The topological polar surface area (TPSA) is 26.3 Å². The number of carbonyl (C=O) groups is 1. The van der Waals surface area contributed by atoms with Crippen LogP contribution in [-0.2, 0) is 9.22 Å². The first-order valence-electron chi connectivity index (χ1n) is 10.4. The second-order valence-corrected chi connectivity index (χ2v) is 15.4. The van der Waals surface area contributed by atoms with Crippen molar-refractivity contribution in [1.82, 2.24) is 0 Å². The van der Waals surface area contributed by atoms with E-state index in [1.54, 1.807) is 0 Å². The molecule has 0 bridgehead atoms. The highest BCUT2D eigenvalue weighted by Crippen LogP contribution is 2.68. The first kappa shape index (κ1) is 20.1. The van der Waals surface area contributed by atoms with Gasteiger partial charge in [-0.05, 0) is 62.6 Å². The zero-order valence-corrected chi connectivity index (χ0v) is 18.8. The maximum atomic E-state index is 12.9. The lowest BCUT2D eigenvalue weighted by atomic mass is 9.41. The average molecular weight is 375 g/mol. The van der Waals surface area contributed by atoms with Gasteiger partial charge in [-0.3, -0.25) is 4.79 Å². The summed E-state index contributed by atoms with van der Waals surface area (Å²) >= 11 is 0. The monoisotopic (exact) mass is 374 g/mol. The predicted molar refractivity (Wildman–Crippen MR) is 112 cm³/mol. The lowest BCUT2D eigenvalue weighted by Gasteiger charge is -2.68. The van der Waals surface area contributed by atoms with Crippen molar-refractivity contribution in [2.75, 3.05) is 0 Å². The Morgan fingerprint density at radius 3 is 2.42 bits per heavy atom. The van der Waals surface area contributed by atoms with Crippen molar-refractivity contribution in [3.63, 3.8) is 0 Å². The zero-order chi connectivity index (χ0) is 19.5. The number of hydrogen-bond acceptors (Lipinski definition) is 2. The molecule has 0 aromatic rings. The third-order valence-corrected chi connectivity index (χ3v) is 8.73. The van der Waals surface area contributed by atoms with Crippen LogP contribution in [0, 0.1) is 28.6 Å². The molecule has 3 aliphatic carbocycles. The van der Waals surface area contributed by atoms with E-state index in [1.807, 2.05) is 0 Å². The molecule has 0 aromatic carbocycles. The molecule has 3 heteroatoms. The molecule has 0 aromatic heterocycles. The maximum Gasteiger partial charge on any atom is 0.184 e. The average Bonchev–Trinajstić information content (AvgIpc) is 2.48. The lowest BCUT2D eigenvalue weighted by molar-refractivity contribution is -0.200. The molecule has 3 fully saturated rings. The summed E-state index contributed by atoms with van der Waals surface area (Å²) in [6, 6.07) is 0. The van der Waals surface area contributed by atoms with Crippen LogP contribution in [0.5, 0.6) is 0 Å². The van der Waals surface area contributed by atoms with E-state index in [1.165, 1.54) is 12.0 Å². The highest BCUT2D eigenvalue weighted by molar-refractivity contribution is 6.69. The first-order chi connectivity index (χ1) is 11.9. The minimum atomic E-state index is -1.80. The van der Waals surface area contributed by atoms with Crippen molar-refractivity contribution < 1.29 is 9.22 Å². The van der Waals surface area contributed by atoms with Crippen LogP contribution >= 0.6 is 0 Å². The quantitative estimate of drug-likeness (QED) is 0.437. The molecular formula is C23H38O2Si. The molecule has 0 saturated heterocycles. The Hall–Kier alpha value is -0.673. The number of allylic oxidation sites excluding steroid dienone is 1. The third kappa shape index (κ3) is 2.90. The number of Topliss-reactive ketones (excluding diaryl/α,β-unsaturated/α-hetero) is 1.